The minimum absolute atomic E-state index is 0.0550. The molecule has 1 aliphatic carbocycles. The maximum Gasteiger partial charge on any atom is 0.181 e. The van der Waals surface area contributed by atoms with E-state index >= 15 is 0 Å². The van der Waals surface area contributed by atoms with E-state index in [-0.39, 0.29) is 17.0 Å². The number of hydrogen-bond acceptors (Lipinski definition) is 3. The Kier molecular flexibility index (Phi) is 6.65. The van der Waals surface area contributed by atoms with Gasteiger partial charge in [0.25, 0.3) is 0 Å². The summed E-state index contributed by atoms with van der Waals surface area (Å²) in [5.41, 5.74) is 3.53. The van der Waals surface area contributed by atoms with Crippen molar-refractivity contribution < 1.29 is 9.18 Å². The fourth-order valence-electron chi connectivity index (χ4n) is 3.17. The van der Waals surface area contributed by atoms with Gasteiger partial charge in [-0.15, -0.1) is 11.8 Å². The monoisotopic (exact) mass is 359 g/mol. The first-order chi connectivity index (χ1) is 11.8. The average molecular weight is 360 g/mol. The second-order valence-electron chi connectivity index (χ2n) is 7.01. The van der Waals surface area contributed by atoms with Gasteiger partial charge < -0.3 is 5.32 Å². The molecule has 0 saturated carbocycles. The van der Waals surface area contributed by atoms with Crippen molar-refractivity contribution in [1.29, 1.82) is 0 Å². The van der Waals surface area contributed by atoms with Crippen LogP contribution < -0.4 is 5.32 Å². The molecule has 1 aromatic rings. The molecule has 0 fully saturated rings. The van der Waals surface area contributed by atoms with E-state index in [9.17, 15) is 9.18 Å². The van der Waals surface area contributed by atoms with Crippen molar-refractivity contribution >= 4 is 23.2 Å². The number of allylic oxidation sites excluding steroid dienone is 5. The molecule has 2 rings (SSSR count). The third-order valence-corrected chi connectivity index (χ3v) is 5.22. The van der Waals surface area contributed by atoms with Gasteiger partial charge in [0.1, 0.15) is 5.82 Å². The summed E-state index contributed by atoms with van der Waals surface area (Å²) >= 11 is 1.45. The molecule has 2 nitrogen and oxygen atoms in total. The quantitative estimate of drug-likeness (QED) is 0.623. The number of nitrogens with one attached hydrogen (secondary N) is 1. The Hall–Kier alpha value is -1.81. The second-order valence-corrected chi connectivity index (χ2v) is 7.86. The van der Waals surface area contributed by atoms with Gasteiger partial charge in [0.05, 0.1) is 5.03 Å². The maximum atomic E-state index is 13.0. The number of benzene rings is 1. The molecule has 4 heteroatoms. The Morgan fingerprint density at radius 3 is 2.56 bits per heavy atom. The lowest BCUT2D eigenvalue weighted by atomic mass is 9.72. The van der Waals surface area contributed by atoms with E-state index in [0.29, 0.717) is 0 Å². The van der Waals surface area contributed by atoms with E-state index < -0.39 is 0 Å². The number of halogens is 1. The molecule has 134 valence electrons. The molecular formula is C21H26FNOS. The number of ketones is 1. The SMILES string of the molecule is CS/C(=C/C(=O)/C=C/C1=C(C)CCCC1(C)C)Nc1ccc(F)cc1. The highest BCUT2D eigenvalue weighted by atomic mass is 32.2. The summed E-state index contributed by atoms with van der Waals surface area (Å²) in [4.78, 5) is 12.3. The average Bonchev–Trinajstić information content (AvgIpc) is 2.55. The number of thioether (sulfide) groups is 1. The molecule has 0 amide bonds. The zero-order valence-electron chi connectivity index (χ0n) is 15.4. The zero-order valence-corrected chi connectivity index (χ0v) is 16.2. The smallest absolute Gasteiger partial charge is 0.181 e. The summed E-state index contributed by atoms with van der Waals surface area (Å²) in [6, 6.07) is 6.09. The molecule has 0 aliphatic heterocycles. The number of carbonyl (C=O) groups is 1. The summed E-state index contributed by atoms with van der Waals surface area (Å²) in [6.07, 6.45) is 10.6. The van der Waals surface area contributed by atoms with Crippen LogP contribution in [0, 0.1) is 11.2 Å². The van der Waals surface area contributed by atoms with Crippen molar-refractivity contribution in [2.75, 3.05) is 11.6 Å². The second kappa shape index (κ2) is 8.52. The van der Waals surface area contributed by atoms with Gasteiger partial charge in [-0.2, -0.15) is 0 Å². The summed E-state index contributed by atoms with van der Waals surface area (Å²) in [7, 11) is 0. The standard InChI is InChI=1S/C21H26FNOS/c1-15-6-5-13-21(2,3)19(15)12-11-18(24)14-20(25-4)23-17-9-7-16(22)8-10-17/h7-12,14,23H,5-6,13H2,1-4H3/b12-11+,20-14+. The van der Waals surface area contributed by atoms with Gasteiger partial charge in [0, 0.05) is 11.8 Å². The van der Waals surface area contributed by atoms with Crippen LogP contribution in [0.3, 0.4) is 0 Å². The molecule has 25 heavy (non-hydrogen) atoms. The summed E-state index contributed by atoms with van der Waals surface area (Å²) in [5, 5.41) is 3.87. The van der Waals surface area contributed by atoms with E-state index in [2.05, 4.69) is 26.1 Å². The van der Waals surface area contributed by atoms with Gasteiger partial charge in [0.15, 0.2) is 5.78 Å². The predicted octanol–water partition coefficient (Wildman–Crippen LogP) is 6.09. The maximum absolute atomic E-state index is 13.0. The van der Waals surface area contributed by atoms with Crippen molar-refractivity contribution in [3.8, 4) is 0 Å². The van der Waals surface area contributed by atoms with Crippen LogP contribution in [-0.2, 0) is 4.79 Å². The summed E-state index contributed by atoms with van der Waals surface area (Å²) in [6.45, 7) is 6.63. The zero-order chi connectivity index (χ0) is 18.4. The van der Waals surface area contributed by atoms with E-state index in [1.807, 2.05) is 12.3 Å². The van der Waals surface area contributed by atoms with Gasteiger partial charge in [-0.3, -0.25) is 4.79 Å². The number of rotatable bonds is 6. The minimum atomic E-state index is -0.280. The Labute approximate surface area is 154 Å². The van der Waals surface area contributed by atoms with Gasteiger partial charge in [-0.25, -0.2) is 4.39 Å². The molecule has 1 aliphatic rings. The van der Waals surface area contributed by atoms with Crippen molar-refractivity contribution in [3.05, 3.63) is 64.5 Å². The highest BCUT2D eigenvalue weighted by Crippen LogP contribution is 2.40. The lowest BCUT2D eigenvalue weighted by Crippen LogP contribution is -2.19. The molecule has 0 aromatic heterocycles. The lowest BCUT2D eigenvalue weighted by Gasteiger charge is -2.32. The van der Waals surface area contributed by atoms with Crippen LogP contribution in [-0.4, -0.2) is 12.0 Å². The number of carbonyl (C=O) groups excluding carboxylic acids is 1. The predicted molar refractivity (Wildman–Crippen MR) is 106 cm³/mol. The van der Waals surface area contributed by atoms with E-state index in [1.165, 1.54) is 41.5 Å². The van der Waals surface area contributed by atoms with Crippen LogP contribution in [0.4, 0.5) is 10.1 Å². The van der Waals surface area contributed by atoms with Crippen molar-refractivity contribution in [1.82, 2.24) is 0 Å². The summed E-state index contributed by atoms with van der Waals surface area (Å²) in [5.74, 6) is -0.335. The largest absolute Gasteiger partial charge is 0.350 e. The van der Waals surface area contributed by atoms with E-state index in [4.69, 9.17) is 0 Å². The molecule has 0 heterocycles. The van der Waals surface area contributed by atoms with Gasteiger partial charge >= 0.3 is 0 Å². The number of anilines is 1. The normalized spacial score (nSPS) is 17.9. The van der Waals surface area contributed by atoms with Crippen LogP contribution in [0.5, 0.6) is 0 Å². The van der Waals surface area contributed by atoms with Crippen LogP contribution >= 0.6 is 11.8 Å². The molecule has 0 bridgehead atoms. The Morgan fingerprint density at radius 1 is 1.28 bits per heavy atom. The first kappa shape index (κ1) is 19.5. The van der Waals surface area contributed by atoms with Crippen molar-refractivity contribution in [3.63, 3.8) is 0 Å². The first-order valence-electron chi connectivity index (χ1n) is 8.52. The molecule has 0 saturated heterocycles. The lowest BCUT2D eigenvalue weighted by molar-refractivity contribution is -0.110. The van der Waals surface area contributed by atoms with Gasteiger partial charge in [0.2, 0.25) is 0 Å². The molecule has 0 spiro atoms. The summed E-state index contributed by atoms with van der Waals surface area (Å²) < 4.78 is 13.0. The topological polar surface area (TPSA) is 29.1 Å². The molecule has 1 aromatic carbocycles. The van der Waals surface area contributed by atoms with Gasteiger partial charge in [-0.1, -0.05) is 25.5 Å². The molecular weight excluding hydrogens is 333 g/mol. The van der Waals surface area contributed by atoms with Crippen LogP contribution in [0.1, 0.15) is 40.0 Å². The van der Waals surface area contributed by atoms with Crippen molar-refractivity contribution in [2.24, 2.45) is 5.41 Å². The molecule has 0 unspecified atom stereocenters. The first-order valence-corrected chi connectivity index (χ1v) is 9.75. The fraction of sp³-hybridized carbons (Fsp3) is 0.381. The minimum Gasteiger partial charge on any atom is -0.350 e. The Balaban J connectivity index is 2.10. The molecule has 1 N–H and O–H groups in total. The third kappa shape index (κ3) is 5.60. The number of hydrogen-bond donors (Lipinski definition) is 1. The highest BCUT2D eigenvalue weighted by Gasteiger charge is 2.26. The Morgan fingerprint density at radius 2 is 1.96 bits per heavy atom. The van der Waals surface area contributed by atoms with Crippen LogP contribution in [0.25, 0.3) is 0 Å². The molecule has 0 radical (unpaired) electrons. The third-order valence-electron chi connectivity index (χ3n) is 4.56. The highest BCUT2D eigenvalue weighted by molar-refractivity contribution is 8.02. The molecule has 0 atom stereocenters. The van der Waals surface area contributed by atoms with E-state index in [1.54, 1.807) is 24.3 Å². The van der Waals surface area contributed by atoms with Crippen molar-refractivity contribution in [2.45, 2.75) is 40.0 Å². The van der Waals surface area contributed by atoms with Crippen LogP contribution in [0.15, 0.2) is 58.7 Å². The Bertz CT molecular complexity index is 714. The van der Waals surface area contributed by atoms with E-state index in [0.717, 1.165) is 23.6 Å². The van der Waals surface area contributed by atoms with Crippen LogP contribution in [0.2, 0.25) is 0 Å². The van der Waals surface area contributed by atoms with Gasteiger partial charge in [-0.05, 0) is 73.8 Å². The fourth-order valence-corrected chi connectivity index (χ4v) is 3.63.